The first-order chi connectivity index (χ1) is 23.8. The van der Waals surface area contributed by atoms with E-state index in [-0.39, 0.29) is 33.6 Å². The Labute approximate surface area is 301 Å². The van der Waals surface area contributed by atoms with Crippen molar-refractivity contribution in [3.05, 3.63) is 101 Å². The van der Waals surface area contributed by atoms with Gasteiger partial charge in [-0.15, -0.1) is 0 Å². The number of alkyl halides is 3. The molecule has 0 heterocycles. The molecule has 0 aliphatic heterocycles. The summed E-state index contributed by atoms with van der Waals surface area (Å²) in [6.07, 6.45) is 7.63. The summed E-state index contributed by atoms with van der Waals surface area (Å²) in [5, 5.41) is 24.4. The standard InChI is InChI=1S/C37H38F3N3OS.C5H12/c1-6-9-11-18-43-35(44)26-14-12-15-30(21-26)45-32-22-29(36(4,5)8-3)20-27-19-28(23-41)31(24-42)33(34(27)32)25(13-10-7-2)16-17-37(38,39)40;1-3-5-4-2/h7,10,12-16,19-22H,2,6,8-9,11,17-18H2,1,3-5H3,(H,43,44);3-5H2,1-2H3/b13-10-,25-16-;. The zero-order valence-corrected chi connectivity index (χ0v) is 31.1. The third kappa shape index (κ3) is 12.3. The molecule has 8 heteroatoms. The van der Waals surface area contributed by atoms with Gasteiger partial charge in [-0.2, -0.15) is 23.7 Å². The summed E-state index contributed by atoms with van der Waals surface area (Å²) in [5.41, 5.74) is 1.70. The second kappa shape index (κ2) is 20.4. The van der Waals surface area contributed by atoms with Gasteiger partial charge in [-0.25, -0.2) is 0 Å². The van der Waals surface area contributed by atoms with Crippen molar-refractivity contribution >= 4 is 34.0 Å². The number of unbranched alkanes of at least 4 members (excludes halogenated alkanes) is 4. The number of nitrogens with one attached hydrogen (secondary N) is 1. The number of hydrogen-bond acceptors (Lipinski definition) is 4. The monoisotopic (exact) mass is 701 g/mol. The van der Waals surface area contributed by atoms with Crippen molar-refractivity contribution in [1.29, 1.82) is 10.5 Å². The molecule has 0 atom stereocenters. The van der Waals surface area contributed by atoms with E-state index in [1.54, 1.807) is 24.3 Å². The fraction of sp³-hybridized carbons (Fsp3) is 0.405. The maximum atomic E-state index is 13.5. The first kappa shape index (κ1) is 41.9. The summed E-state index contributed by atoms with van der Waals surface area (Å²) in [6.45, 7) is 17.0. The van der Waals surface area contributed by atoms with Crippen LogP contribution in [0.1, 0.15) is 126 Å². The Bertz CT molecular complexity index is 1760. The van der Waals surface area contributed by atoms with Gasteiger partial charge < -0.3 is 5.32 Å². The van der Waals surface area contributed by atoms with Gasteiger partial charge in [0.25, 0.3) is 5.91 Å². The van der Waals surface area contributed by atoms with Gasteiger partial charge in [-0.1, -0.05) is 128 Å². The zero-order valence-electron chi connectivity index (χ0n) is 30.3. The van der Waals surface area contributed by atoms with Gasteiger partial charge in [0, 0.05) is 32.8 Å². The van der Waals surface area contributed by atoms with Gasteiger partial charge in [0.05, 0.1) is 17.5 Å². The highest BCUT2D eigenvalue weighted by molar-refractivity contribution is 7.99. The summed E-state index contributed by atoms with van der Waals surface area (Å²) in [4.78, 5) is 14.3. The fourth-order valence-corrected chi connectivity index (χ4v) is 6.28. The van der Waals surface area contributed by atoms with Crippen LogP contribution in [0.3, 0.4) is 0 Å². The van der Waals surface area contributed by atoms with Crippen molar-refractivity contribution in [2.75, 3.05) is 6.54 Å². The zero-order chi connectivity index (χ0) is 37.3. The van der Waals surface area contributed by atoms with Crippen LogP contribution in [0.25, 0.3) is 16.3 Å². The largest absolute Gasteiger partial charge is 0.392 e. The lowest BCUT2D eigenvalue weighted by molar-refractivity contribution is -0.124. The minimum Gasteiger partial charge on any atom is -0.352 e. The van der Waals surface area contributed by atoms with E-state index < -0.39 is 12.6 Å². The van der Waals surface area contributed by atoms with E-state index in [1.165, 1.54) is 49.3 Å². The molecule has 1 amide bonds. The van der Waals surface area contributed by atoms with Gasteiger partial charge in [0.15, 0.2) is 0 Å². The van der Waals surface area contributed by atoms with Crippen molar-refractivity contribution < 1.29 is 18.0 Å². The Morgan fingerprint density at radius 2 is 1.66 bits per heavy atom. The Balaban J connectivity index is 0.00000161. The summed E-state index contributed by atoms with van der Waals surface area (Å²) >= 11 is 1.37. The van der Waals surface area contributed by atoms with E-state index in [4.69, 9.17) is 0 Å². The topological polar surface area (TPSA) is 76.7 Å². The van der Waals surface area contributed by atoms with Crippen molar-refractivity contribution in [2.24, 2.45) is 0 Å². The van der Waals surface area contributed by atoms with Crippen LogP contribution in [0.5, 0.6) is 0 Å². The molecular weight excluding hydrogens is 652 g/mol. The summed E-state index contributed by atoms with van der Waals surface area (Å²) in [7, 11) is 0. The maximum absolute atomic E-state index is 13.5. The number of amides is 1. The van der Waals surface area contributed by atoms with E-state index >= 15 is 0 Å². The summed E-state index contributed by atoms with van der Waals surface area (Å²) in [6, 6.07) is 17.0. The number of carbonyl (C=O) groups excluding carboxylic acids is 1. The summed E-state index contributed by atoms with van der Waals surface area (Å²) < 4.78 is 40.4. The predicted molar refractivity (Wildman–Crippen MR) is 202 cm³/mol. The first-order valence-electron chi connectivity index (χ1n) is 17.4. The highest BCUT2D eigenvalue weighted by Crippen LogP contribution is 2.44. The van der Waals surface area contributed by atoms with E-state index in [2.05, 4.69) is 65.6 Å². The van der Waals surface area contributed by atoms with Crippen LogP contribution < -0.4 is 5.32 Å². The molecule has 0 saturated carbocycles. The molecule has 0 fully saturated rings. The Morgan fingerprint density at radius 1 is 0.960 bits per heavy atom. The van der Waals surface area contributed by atoms with Crippen LogP contribution in [0.15, 0.2) is 83.1 Å². The number of halogens is 3. The molecule has 0 spiro atoms. The molecule has 3 aromatic carbocycles. The predicted octanol–water partition coefficient (Wildman–Crippen LogP) is 12.6. The molecule has 4 nitrogen and oxygen atoms in total. The normalized spacial score (nSPS) is 11.9. The quantitative estimate of drug-likeness (QED) is 0.126. The van der Waals surface area contributed by atoms with Crippen LogP contribution in [0.4, 0.5) is 13.2 Å². The van der Waals surface area contributed by atoms with Crippen molar-refractivity contribution in [3.63, 3.8) is 0 Å². The number of nitrogens with zero attached hydrogens (tertiary/aromatic N) is 2. The van der Waals surface area contributed by atoms with Gasteiger partial charge in [-0.3, -0.25) is 4.79 Å². The molecule has 0 aliphatic rings. The van der Waals surface area contributed by atoms with E-state index in [1.807, 2.05) is 18.2 Å². The van der Waals surface area contributed by atoms with Crippen LogP contribution in [-0.4, -0.2) is 18.6 Å². The molecule has 266 valence electrons. The minimum atomic E-state index is -4.48. The molecule has 0 bridgehead atoms. The van der Waals surface area contributed by atoms with Crippen molar-refractivity contribution in [1.82, 2.24) is 5.32 Å². The fourth-order valence-electron chi connectivity index (χ4n) is 5.19. The first-order valence-corrected chi connectivity index (χ1v) is 18.2. The number of fused-ring (bicyclic) bond motifs is 1. The molecule has 0 aromatic heterocycles. The average molecular weight is 702 g/mol. The molecule has 3 aromatic rings. The van der Waals surface area contributed by atoms with Crippen LogP contribution in [0.2, 0.25) is 0 Å². The average Bonchev–Trinajstić information content (AvgIpc) is 3.09. The lowest BCUT2D eigenvalue weighted by atomic mass is 9.80. The Morgan fingerprint density at radius 3 is 2.22 bits per heavy atom. The molecule has 3 rings (SSSR count). The van der Waals surface area contributed by atoms with Gasteiger partial charge in [-0.05, 0) is 65.1 Å². The second-order valence-electron chi connectivity index (χ2n) is 12.7. The van der Waals surface area contributed by atoms with Crippen LogP contribution >= 0.6 is 11.8 Å². The molecule has 50 heavy (non-hydrogen) atoms. The minimum absolute atomic E-state index is 0.00306. The maximum Gasteiger partial charge on any atom is 0.392 e. The number of benzene rings is 3. The number of carbonyl (C=O) groups is 1. The van der Waals surface area contributed by atoms with Gasteiger partial charge in [0.2, 0.25) is 0 Å². The number of nitriles is 2. The number of rotatable bonds is 15. The highest BCUT2D eigenvalue weighted by atomic mass is 32.2. The SMILES string of the molecule is C=C/C=C\C(=C\CC(F)(F)F)c1c(C#N)c(C#N)cc2cc(C(C)(C)CC)cc(Sc3cccc(C(=O)NCCCCC)c3)c12.CCCCC. The molecule has 0 unspecified atom stereocenters. The smallest absolute Gasteiger partial charge is 0.352 e. The van der Waals surface area contributed by atoms with Crippen molar-refractivity contribution in [2.45, 2.75) is 114 Å². The van der Waals surface area contributed by atoms with E-state index in [0.717, 1.165) is 42.2 Å². The molecule has 1 N–H and O–H groups in total. The van der Waals surface area contributed by atoms with Crippen LogP contribution in [-0.2, 0) is 5.41 Å². The van der Waals surface area contributed by atoms with Crippen molar-refractivity contribution in [3.8, 4) is 12.1 Å². The Hall–Kier alpha value is -4.27. The van der Waals surface area contributed by atoms with E-state index in [9.17, 15) is 28.5 Å². The van der Waals surface area contributed by atoms with E-state index in [0.29, 0.717) is 27.8 Å². The van der Waals surface area contributed by atoms with Crippen LogP contribution in [0, 0.1) is 22.7 Å². The molecule has 0 radical (unpaired) electrons. The third-order valence-electron chi connectivity index (χ3n) is 8.45. The molecule has 0 aliphatic carbocycles. The van der Waals surface area contributed by atoms with Gasteiger partial charge >= 0.3 is 6.18 Å². The second-order valence-corrected chi connectivity index (χ2v) is 13.8. The molecular formula is C42H50F3N3OS. The van der Waals surface area contributed by atoms with Gasteiger partial charge in [0.1, 0.15) is 12.1 Å². The summed E-state index contributed by atoms with van der Waals surface area (Å²) in [5.74, 6) is -0.183. The molecule has 0 saturated heterocycles. The highest BCUT2D eigenvalue weighted by Gasteiger charge is 2.28. The Kier molecular flexibility index (Phi) is 17.1. The lowest BCUT2D eigenvalue weighted by Gasteiger charge is -2.26. The third-order valence-corrected chi connectivity index (χ3v) is 9.48. The number of hydrogen-bond donors (Lipinski definition) is 1. The lowest BCUT2D eigenvalue weighted by Crippen LogP contribution is -2.24. The number of allylic oxidation sites excluding steroid dienone is 5.